The van der Waals surface area contributed by atoms with Crippen LogP contribution in [0.15, 0.2) is 16.7 Å². The Hall–Kier alpha value is -1.78. The number of carboxylic acid groups (broad SMARTS) is 1. The maximum absolute atomic E-state index is 12.2. The number of aryl methyl sites for hydroxylation is 1. The lowest BCUT2D eigenvalue weighted by atomic mass is 10.2. The molecule has 1 saturated carbocycles. The molecule has 0 radical (unpaired) electrons. The van der Waals surface area contributed by atoms with Crippen molar-refractivity contribution in [3.63, 3.8) is 0 Å². The third kappa shape index (κ3) is 2.67. The van der Waals surface area contributed by atoms with Gasteiger partial charge in [-0.2, -0.15) is 0 Å². The second-order valence-electron chi connectivity index (χ2n) is 4.26. The van der Waals surface area contributed by atoms with E-state index >= 15 is 0 Å². The molecule has 1 fully saturated rings. The number of furan rings is 1. The third-order valence-corrected chi connectivity index (χ3v) is 2.90. The van der Waals surface area contributed by atoms with E-state index in [1.165, 1.54) is 6.26 Å². The number of hydrogen-bond acceptors (Lipinski definition) is 3. The predicted molar refractivity (Wildman–Crippen MR) is 59.8 cm³/mol. The van der Waals surface area contributed by atoms with Crippen molar-refractivity contribution in [3.8, 4) is 0 Å². The highest BCUT2D eigenvalue weighted by Crippen LogP contribution is 2.29. The number of carboxylic acids is 1. The third-order valence-electron chi connectivity index (χ3n) is 2.90. The SMILES string of the molecule is Cc1occc1C(=O)N(CCC(=O)O)C1CC1. The molecular formula is C12H15NO4. The van der Waals surface area contributed by atoms with E-state index in [0.29, 0.717) is 11.3 Å². The lowest BCUT2D eigenvalue weighted by Gasteiger charge is -2.21. The van der Waals surface area contributed by atoms with Gasteiger partial charge in [0.2, 0.25) is 0 Å². The Morgan fingerprint density at radius 3 is 2.71 bits per heavy atom. The van der Waals surface area contributed by atoms with Crippen LogP contribution in [0, 0.1) is 6.92 Å². The van der Waals surface area contributed by atoms with Crippen molar-refractivity contribution in [2.75, 3.05) is 6.54 Å². The Balaban J connectivity index is 2.08. The van der Waals surface area contributed by atoms with Gasteiger partial charge in [-0.25, -0.2) is 0 Å². The Kier molecular flexibility index (Phi) is 3.17. The van der Waals surface area contributed by atoms with Crippen LogP contribution >= 0.6 is 0 Å². The van der Waals surface area contributed by atoms with Crippen LogP contribution < -0.4 is 0 Å². The summed E-state index contributed by atoms with van der Waals surface area (Å²) in [6.45, 7) is 2.00. The average molecular weight is 237 g/mol. The molecule has 0 bridgehead atoms. The fourth-order valence-corrected chi connectivity index (χ4v) is 1.81. The predicted octanol–water partition coefficient (Wildman–Crippen LogP) is 1.67. The summed E-state index contributed by atoms with van der Waals surface area (Å²) < 4.78 is 5.10. The molecule has 1 N–H and O–H groups in total. The van der Waals surface area contributed by atoms with Gasteiger partial charge < -0.3 is 14.4 Å². The van der Waals surface area contributed by atoms with E-state index < -0.39 is 5.97 Å². The van der Waals surface area contributed by atoms with Crippen molar-refractivity contribution in [1.82, 2.24) is 4.90 Å². The van der Waals surface area contributed by atoms with E-state index in [-0.39, 0.29) is 24.9 Å². The van der Waals surface area contributed by atoms with Crippen molar-refractivity contribution in [3.05, 3.63) is 23.7 Å². The van der Waals surface area contributed by atoms with Crippen LogP contribution in [0.4, 0.5) is 0 Å². The molecule has 0 saturated heterocycles. The van der Waals surface area contributed by atoms with Crippen LogP contribution in [0.5, 0.6) is 0 Å². The highest BCUT2D eigenvalue weighted by molar-refractivity contribution is 5.95. The van der Waals surface area contributed by atoms with E-state index in [1.807, 2.05) is 0 Å². The van der Waals surface area contributed by atoms with Gasteiger partial charge in [-0.1, -0.05) is 0 Å². The summed E-state index contributed by atoms with van der Waals surface area (Å²) in [5.41, 5.74) is 0.530. The van der Waals surface area contributed by atoms with Gasteiger partial charge in [0.1, 0.15) is 5.76 Å². The fourth-order valence-electron chi connectivity index (χ4n) is 1.81. The minimum Gasteiger partial charge on any atom is -0.481 e. The zero-order chi connectivity index (χ0) is 12.4. The van der Waals surface area contributed by atoms with Gasteiger partial charge in [-0.15, -0.1) is 0 Å². The minimum atomic E-state index is -0.882. The molecule has 5 heteroatoms. The fraction of sp³-hybridized carbons (Fsp3) is 0.500. The molecule has 1 aromatic heterocycles. The van der Waals surface area contributed by atoms with Gasteiger partial charge in [-0.05, 0) is 25.8 Å². The Morgan fingerprint density at radius 2 is 2.24 bits per heavy atom. The molecule has 17 heavy (non-hydrogen) atoms. The lowest BCUT2D eigenvalue weighted by molar-refractivity contribution is -0.137. The van der Waals surface area contributed by atoms with E-state index in [9.17, 15) is 9.59 Å². The first kappa shape index (κ1) is 11.7. The molecule has 0 atom stereocenters. The molecule has 92 valence electrons. The number of hydrogen-bond donors (Lipinski definition) is 1. The summed E-state index contributed by atoms with van der Waals surface area (Å²) in [6.07, 6.45) is 3.38. The first-order valence-electron chi connectivity index (χ1n) is 5.66. The van der Waals surface area contributed by atoms with E-state index in [4.69, 9.17) is 9.52 Å². The Bertz CT molecular complexity index is 433. The number of aliphatic carboxylic acids is 1. The Labute approximate surface area is 99.0 Å². The molecule has 2 rings (SSSR count). The summed E-state index contributed by atoms with van der Waals surface area (Å²) in [7, 11) is 0. The summed E-state index contributed by atoms with van der Waals surface area (Å²) in [4.78, 5) is 24.4. The zero-order valence-electron chi connectivity index (χ0n) is 9.68. The maximum Gasteiger partial charge on any atom is 0.305 e. The van der Waals surface area contributed by atoms with Crippen molar-refractivity contribution in [2.45, 2.75) is 32.2 Å². The van der Waals surface area contributed by atoms with Gasteiger partial charge >= 0.3 is 5.97 Å². The topological polar surface area (TPSA) is 70.8 Å². The molecule has 1 amide bonds. The minimum absolute atomic E-state index is 0.0147. The second kappa shape index (κ2) is 4.61. The van der Waals surface area contributed by atoms with E-state index in [1.54, 1.807) is 17.9 Å². The quantitative estimate of drug-likeness (QED) is 0.845. The number of nitrogens with zero attached hydrogens (tertiary/aromatic N) is 1. The van der Waals surface area contributed by atoms with Crippen molar-refractivity contribution >= 4 is 11.9 Å². The maximum atomic E-state index is 12.2. The van der Waals surface area contributed by atoms with Crippen molar-refractivity contribution in [1.29, 1.82) is 0 Å². The van der Waals surface area contributed by atoms with E-state index in [0.717, 1.165) is 12.8 Å². The molecule has 1 aliphatic carbocycles. The van der Waals surface area contributed by atoms with Crippen LogP contribution in [0.1, 0.15) is 35.4 Å². The molecule has 1 heterocycles. The summed E-state index contributed by atoms with van der Waals surface area (Å²) in [5, 5.41) is 8.68. The number of rotatable bonds is 5. The molecule has 0 aromatic carbocycles. The van der Waals surface area contributed by atoms with Gasteiger partial charge in [-0.3, -0.25) is 9.59 Å². The average Bonchev–Trinajstić information content (AvgIpc) is 3.00. The molecular weight excluding hydrogens is 222 g/mol. The zero-order valence-corrected chi connectivity index (χ0v) is 9.68. The highest BCUT2D eigenvalue weighted by Gasteiger charge is 2.34. The monoisotopic (exact) mass is 237 g/mol. The van der Waals surface area contributed by atoms with Crippen LogP contribution in [0.2, 0.25) is 0 Å². The first-order chi connectivity index (χ1) is 8.09. The van der Waals surface area contributed by atoms with Crippen LogP contribution in [0.3, 0.4) is 0 Å². The molecule has 1 aromatic rings. The first-order valence-corrected chi connectivity index (χ1v) is 5.66. The van der Waals surface area contributed by atoms with E-state index in [2.05, 4.69) is 0 Å². The summed E-state index contributed by atoms with van der Waals surface area (Å²) in [5.74, 6) is -0.427. The number of carbonyl (C=O) groups excluding carboxylic acids is 1. The smallest absolute Gasteiger partial charge is 0.305 e. The van der Waals surface area contributed by atoms with Crippen LogP contribution in [-0.2, 0) is 4.79 Å². The Morgan fingerprint density at radius 1 is 1.53 bits per heavy atom. The van der Waals surface area contributed by atoms with Crippen LogP contribution in [-0.4, -0.2) is 34.5 Å². The van der Waals surface area contributed by atoms with Crippen molar-refractivity contribution in [2.24, 2.45) is 0 Å². The molecule has 5 nitrogen and oxygen atoms in total. The molecule has 0 spiro atoms. The van der Waals surface area contributed by atoms with Gasteiger partial charge in [0.15, 0.2) is 0 Å². The largest absolute Gasteiger partial charge is 0.481 e. The standard InChI is InChI=1S/C12H15NO4/c1-8-10(5-7-17-8)12(16)13(9-2-3-9)6-4-11(14)15/h5,7,9H,2-4,6H2,1H3,(H,14,15). The molecule has 0 aliphatic heterocycles. The van der Waals surface area contributed by atoms with Gasteiger partial charge in [0, 0.05) is 12.6 Å². The molecule has 1 aliphatic rings. The van der Waals surface area contributed by atoms with Crippen molar-refractivity contribution < 1.29 is 19.1 Å². The molecule has 0 unspecified atom stereocenters. The summed E-state index contributed by atoms with van der Waals surface area (Å²) in [6, 6.07) is 1.84. The second-order valence-corrected chi connectivity index (χ2v) is 4.26. The lowest BCUT2D eigenvalue weighted by Crippen LogP contribution is -2.35. The van der Waals surface area contributed by atoms with Gasteiger partial charge in [0.25, 0.3) is 5.91 Å². The summed E-state index contributed by atoms with van der Waals surface area (Å²) >= 11 is 0. The number of carbonyl (C=O) groups is 2. The number of amides is 1. The highest BCUT2D eigenvalue weighted by atomic mass is 16.4. The van der Waals surface area contributed by atoms with Crippen LogP contribution in [0.25, 0.3) is 0 Å². The van der Waals surface area contributed by atoms with Gasteiger partial charge in [0.05, 0.1) is 18.2 Å². The normalized spacial score (nSPS) is 14.6.